The SMILES string of the molecule is CC(=O)O[C@@H]1CC[C@]2(C)[C@H]3C(=O)C=C4[C@H]5[C@@H](C)[C@H](C)CC[C@]5(C)CC[C@@]4(C)[C@]3(C)CC[C@@H]2[C@@]1(C)C(=O)O. The van der Waals surface area contributed by atoms with Crippen LogP contribution in [-0.4, -0.2) is 28.9 Å². The average molecular weight is 513 g/mol. The maximum absolute atomic E-state index is 14.4. The van der Waals surface area contributed by atoms with Crippen LogP contribution >= 0.6 is 0 Å². The molecule has 0 amide bonds. The van der Waals surface area contributed by atoms with E-state index >= 15 is 0 Å². The number of allylic oxidation sites excluding steroid dienone is 2. The Hall–Kier alpha value is -1.65. The Bertz CT molecular complexity index is 1060. The molecule has 0 saturated heterocycles. The van der Waals surface area contributed by atoms with Gasteiger partial charge in [-0.1, -0.05) is 47.1 Å². The van der Waals surface area contributed by atoms with Crippen LogP contribution in [0.5, 0.6) is 0 Å². The van der Waals surface area contributed by atoms with Crippen LogP contribution in [0.1, 0.15) is 107 Å². The number of carboxylic acids is 1. The van der Waals surface area contributed by atoms with Gasteiger partial charge in [0, 0.05) is 12.8 Å². The van der Waals surface area contributed by atoms with Gasteiger partial charge in [-0.3, -0.25) is 14.4 Å². The molecule has 0 aliphatic heterocycles. The Kier molecular flexibility index (Phi) is 5.95. The topological polar surface area (TPSA) is 80.7 Å². The van der Waals surface area contributed by atoms with E-state index in [2.05, 4.69) is 47.6 Å². The summed E-state index contributed by atoms with van der Waals surface area (Å²) in [7, 11) is 0. The van der Waals surface area contributed by atoms with E-state index in [1.54, 1.807) is 6.92 Å². The summed E-state index contributed by atoms with van der Waals surface area (Å²) < 4.78 is 5.63. The zero-order chi connectivity index (χ0) is 27.3. The third-order valence-corrected chi connectivity index (χ3v) is 13.5. The minimum absolute atomic E-state index is 0.0680. The van der Waals surface area contributed by atoms with Crippen molar-refractivity contribution in [2.45, 2.75) is 113 Å². The first-order valence-electron chi connectivity index (χ1n) is 14.7. The van der Waals surface area contributed by atoms with Gasteiger partial charge in [0.05, 0.1) is 0 Å². The Morgan fingerprint density at radius 2 is 1.62 bits per heavy atom. The molecule has 5 heteroatoms. The van der Waals surface area contributed by atoms with Crippen molar-refractivity contribution in [3.05, 3.63) is 11.6 Å². The highest BCUT2D eigenvalue weighted by Crippen LogP contribution is 2.75. The normalized spacial score (nSPS) is 53.1. The monoisotopic (exact) mass is 512 g/mol. The molecule has 4 fully saturated rings. The van der Waals surface area contributed by atoms with E-state index < -0.39 is 28.9 Å². The fourth-order valence-corrected chi connectivity index (χ4v) is 11.0. The predicted octanol–water partition coefficient (Wildman–Crippen LogP) is 6.84. The fraction of sp³-hybridized carbons (Fsp3) is 0.844. The highest BCUT2D eigenvalue weighted by molar-refractivity contribution is 5.96. The van der Waals surface area contributed by atoms with Gasteiger partial charge in [0.25, 0.3) is 0 Å². The number of ether oxygens (including phenoxy) is 1. The number of hydrogen-bond acceptors (Lipinski definition) is 4. The number of fused-ring (bicyclic) bond motifs is 7. The Morgan fingerprint density at radius 1 is 0.946 bits per heavy atom. The number of rotatable bonds is 2. The van der Waals surface area contributed by atoms with E-state index in [4.69, 9.17) is 4.74 Å². The number of carbonyl (C=O) groups excluding carboxylic acids is 2. The molecule has 5 aliphatic carbocycles. The summed E-state index contributed by atoms with van der Waals surface area (Å²) in [5.41, 5.74) is -0.280. The van der Waals surface area contributed by atoms with Gasteiger partial charge < -0.3 is 9.84 Å². The zero-order valence-electron chi connectivity index (χ0n) is 24.3. The van der Waals surface area contributed by atoms with Crippen LogP contribution in [0.15, 0.2) is 11.6 Å². The van der Waals surface area contributed by atoms with Crippen LogP contribution in [-0.2, 0) is 19.1 Å². The second kappa shape index (κ2) is 8.18. The first kappa shape index (κ1) is 26.9. The van der Waals surface area contributed by atoms with Gasteiger partial charge in [0.15, 0.2) is 5.78 Å². The molecule has 0 aromatic rings. The maximum Gasteiger partial charge on any atom is 0.313 e. The summed E-state index contributed by atoms with van der Waals surface area (Å²) in [6.07, 6.45) is 8.96. The Morgan fingerprint density at radius 3 is 2.24 bits per heavy atom. The van der Waals surface area contributed by atoms with Gasteiger partial charge in [-0.15, -0.1) is 0 Å². The van der Waals surface area contributed by atoms with Gasteiger partial charge in [-0.2, -0.15) is 0 Å². The van der Waals surface area contributed by atoms with Crippen molar-refractivity contribution in [3.8, 4) is 0 Å². The van der Waals surface area contributed by atoms with Crippen molar-refractivity contribution in [2.24, 2.45) is 56.7 Å². The van der Waals surface area contributed by atoms with Crippen LogP contribution in [0.25, 0.3) is 0 Å². The van der Waals surface area contributed by atoms with Crippen molar-refractivity contribution in [1.29, 1.82) is 0 Å². The van der Waals surface area contributed by atoms with E-state index in [1.165, 1.54) is 31.8 Å². The molecule has 0 radical (unpaired) electrons. The van der Waals surface area contributed by atoms with Gasteiger partial charge in [0.2, 0.25) is 0 Å². The zero-order valence-corrected chi connectivity index (χ0v) is 24.3. The van der Waals surface area contributed by atoms with E-state index in [0.717, 1.165) is 19.3 Å². The summed E-state index contributed by atoms with van der Waals surface area (Å²) >= 11 is 0. The van der Waals surface area contributed by atoms with E-state index in [1.807, 2.05) is 0 Å². The third-order valence-electron chi connectivity index (χ3n) is 13.5. The summed E-state index contributed by atoms with van der Waals surface area (Å²) in [5.74, 6) is 0.0756. The molecule has 37 heavy (non-hydrogen) atoms. The molecule has 4 saturated carbocycles. The third kappa shape index (κ3) is 3.30. The lowest BCUT2D eigenvalue weighted by Crippen LogP contribution is -2.68. The predicted molar refractivity (Wildman–Crippen MR) is 143 cm³/mol. The van der Waals surface area contributed by atoms with Crippen molar-refractivity contribution >= 4 is 17.7 Å². The molecule has 0 heterocycles. The van der Waals surface area contributed by atoms with Crippen LogP contribution in [0, 0.1) is 56.7 Å². The molecule has 11 atom stereocenters. The Labute approximate surface area is 223 Å². The molecule has 206 valence electrons. The maximum atomic E-state index is 14.4. The van der Waals surface area contributed by atoms with Crippen molar-refractivity contribution < 1.29 is 24.2 Å². The lowest BCUT2D eigenvalue weighted by Gasteiger charge is -2.70. The minimum Gasteiger partial charge on any atom is -0.481 e. The highest BCUT2D eigenvalue weighted by Gasteiger charge is 2.72. The van der Waals surface area contributed by atoms with Crippen LogP contribution < -0.4 is 0 Å². The molecular weight excluding hydrogens is 464 g/mol. The van der Waals surface area contributed by atoms with E-state index in [9.17, 15) is 19.5 Å². The fourth-order valence-electron chi connectivity index (χ4n) is 11.0. The molecule has 0 aromatic heterocycles. The van der Waals surface area contributed by atoms with E-state index in [0.29, 0.717) is 30.6 Å². The second-order valence-electron chi connectivity index (χ2n) is 15.0. The molecule has 0 unspecified atom stereocenters. The van der Waals surface area contributed by atoms with E-state index in [-0.39, 0.29) is 33.9 Å². The molecule has 5 rings (SSSR count). The van der Waals surface area contributed by atoms with Crippen molar-refractivity contribution in [2.75, 3.05) is 0 Å². The standard InChI is InChI=1S/C32H48O5/c1-18-9-12-28(4)15-16-30(6)21(25(28)19(18)2)17-22(34)26-29(5)13-11-24(37-20(3)33)32(8,27(35)36)23(29)10-14-31(26,30)7/h17-19,23-26H,9-16H2,1-8H3,(H,35,36)/t18-,19+,23+,24-,25-,26-,28-,29+,30-,31-,32-/m1/s1. The van der Waals surface area contributed by atoms with Crippen LogP contribution in [0.2, 0.25) is 0 Å². The van der Waals surface area contributed by atoms with Gasteiger partial charge in [0.1, 0.15) is 11.5 Å². The first-order valence-corrected chi connectivity index (χ1v) is 14.7. The van der Waals surface area contributed by atoms with Gasteiger partial charge >= 0.3 is 11.9 Å². The summed E-state index contributed by atoms with van der Waals surface area (Å²) in [4.78, 5) is 39.1. The lowest BCUT2D eigenvalue weighted by atomic mass is 9.33. The van der Waals surface area contributed by atoms with Crippen LogP contribution in [0.4, 0.5) is 0 Å². The Balaban J connectivity index is 1.62. The molecule has 5 aliphatic rings. The summed E-state index contributed by atoms with van der Waals surface area (Å²) in [6, 6.07) is 0. The molecule has 0 bridgehead atoms. The van der Waals surface area contributed by atoms with Gasteiger partial charge in [-0.25, -0.2) is 0 Å². The minimum atomic E-state index is -1.20. The first-order chi connectivity index (χ1) is 17.1. The molecule has 5 nitrogen and oxygen atoms in total. The quantitative estimate of drug-likeness (QED) is 0.410. The summed E-state index contributed by atoms with van der Waals surface area (Å²) in [6.45, 7) is 17.4. The molecular formula is C32H48O5. The van der Waals surface area contributed by atoms with Crippen molar-refractivity contribution in [1.82, 2.24) is 0 Å². The smallest absolute Gasteiger partial charge is 0.313 e. The number of aliphatic carboxylic acids is 1. The molecule has 1 N–H and O–H groups in total. The number of carboxylic acid groups (broad SMARTS) is 1. The number of carbonyl (C=O) groups is 3. The van der Waals surface area contributed by atoms with Crippen LogP contribution in [0.3, 0.4) is 0 Å². The largest absolute Gasteiger partial charge is 0.481 e. The number of esters is 1. The average Bonchev–Trinajstić information content (AvgIpc) is 2.79. The lowest BCUT2D eigenvalue weighted by molar-refractivity contribution is -0.220. The summed E-state index contributed by atoms with van der Waals surface area (Å²) in [5, 5.41) is 10.5. The van der Waals surface area contributed by atoms with Crippen molar-refractivity contribution in [3.63, 3.8) is 0 Å². The second-order valence-corrected chi connectivity index (χ2v) is 15.0. The number of hydrogen-bond donors (Lipinski definition) is 1. The number of ketones is 1. The molecule has 0 spiro atoms. The van der Waals surface area contributed by atoms with Gasteiger partial charge in [-0.05, 0) is 110 Å². The highest BCUT2D eigenvalue weighted by atomic mass is 16.5. The molecule has 0 aromatic carbocycles.